The van der Waals surface area contributed by atoms with Crippen LogP contribution in [-0.2, 0) is 4.74 Å². The van der Waals surface area contributed by atoms with E-state index in [1.165, 1.54) is 11.8 Å². The summed E-state index contributed by atoms with van der Waals surface area (Å²) in [4.78, 5) is 33.3. The van der Waals surface area contributed by atoms with Crippen LogP contribution in [0, 0.1) is 13.8 Å². The van der Waals surface area contributed by atoms with Gasteiger partial charge in [-0.15, -0.1) is 0 Å². The summed E-state index contributed by atoms with van der Waals surface area (Å²) in [5, 5.41) is 9.12. The number of carbonyl (C=O) groups excluding carboxylic acids is 1. The second-order valence-electron chi connectivity index (χ2n) is 6.21. The number of rotatable bonds is 4. The Morgan fingerprint density at radius 3 is 2.57 bits per heavy atom. The van der Waals surface area contributed by atoms with Gasteiger partial charge in [0.05, 0.1) is 0 Å². The molecule has 0 saturated carbocycles. The van der Waals surface area contributed by atoms with E-state index < -0.39 is 21.9 Å². The minimum atomic E-state index is -1.71. The van der Waals surface area contributed by atoms with Crippen LogP contribution in [0.25, 0.3) is 11.6 Å². The van der Waals surface area contributed by atoms with E-state index >= 15 is 0 Å². The fourth-order valence-electron chi connectivity index (χ4n) is 2.92. The number of oxazole rings is 2. The van der Waals surface area contributed by atoms with Crippen molar-refractivity contribution in [2.24, 2.45) is 0 Å². The van der Waals surface area contributed by atoms with Crippen molar-refractivity contribution in [1.29, 1.82) is 0 Å². The van der Waals surface area contributed by atoms with Gasteiger partial charge in [0.15, 0.2) is 11.4 Å². The summed E-state index contributed by atoms with van der Waals surface area (Å²) < 4.78 is 14.4. The first-order chi connectivity index (χ1) is 13.1. The second kappa shape index (κ2) is 7.81. The highest BCUT2D eigenvalue weighted by atomic mass is 35.6. The molecule has 9 nitrogen and oxygen atoms in total. The number of ether oxygens (including phenoxy) is 1. The number of halogens is 3. The number of amides is 1. The summed E-state index contributed by atoms with van der Waals surface area (Å²) in [7, 11) is 0. The molecule has 0 radical (unpaired) electrons. The first-order valence-electron chi connectivity index (χ1n) is 8.25. The molecule has 1 aliphatic rings. The van der Waals surface area contributed by atoms with Gasteiger partial charge in [0, 0.05) is 6.54 Å². The highest BCUT2D eigenvalue weighted by Crippen LogP contribution is 2.36. The van der Waals surface area contributed by atoms with Crippen molar-refractivity contribution in [3.05, 3.63) is 23.1 Å². The summed E-state index contributed by atoms with van der Waals surface area (Å²) in [6, 6.07) is -0.467. The van der Waals surface area contributed by atoms with E-state index in [1.54, 1.807) is 6.92 Å². The van der Waals surface area contributed by atoms with Crippen molar-refractivity contribution in [3.63, 3.8) is 0 Å². The van der Waals surface area contributed by atoms with E-state index in [9.17, 15) is 9.59 Å². The molecule has 1 saturated heterocycles. The second-order valence-corrected chi connectivity index (χ2v) is 8.72. The third-order valence-electron chi connectivity index (χ3n) is 4.15. The van der Waals surface area contributed by atoms with Crippen LogP contribution < -0.4 is 0 Å². The topological polar surface area (TPSA) is 119 Å². The third-order valence-corrected chi connectivity index (χ3v) is 4.47. The maximum absolute atomic E-state index is 12.3. The van der Waals surface area contributed by atoms with E-state index in [0.717, 1.165) is 0 Å². The van der Waals surface area contributed by atoms with Crippen LogP contribution in [0.3, 0.4) is 0 Å². The van der Waals surface area contributed by atoms with Crippen molar-refractivity contribution in [1.82, 2.24) is 14.9 Å². The molecule has 28 heavy (non-hydrogen) atoms. The lowest BCUT2D eigenvalue weighted by Gasteiger charge is -2.22. The molecular formula is C16H16Cl3N3O6. The number of likely N-dealkylation sites (tertiary alicyclic amines) is 1. The van der Waals surface area contributed by atoms with Gasteiger partial charge < -0.3 is 18.7 Å². The fraction of sp³-hybridized carbons (Fsp3) is 0.500. The zero-order valence-electron chi connectivity index (χ0n) is 14.9. The first-order valence-corrected chi connectivity index (χ1v) is 9.38. The number of aryl methyl sites for hydroxylation is 2. The van der Waals surface area contributed by atoms with E-state index in [4.69, 9.17) is 53.5 Å². The van der Waals surface area contributed by atoms with Crippen LogP contribution in [0.4, 0.5) is 4.79 Å². The number of nitrogens with zero attached hydrogens (tertiary/aromatic N) is 3. The number of aromatic nitrogens is 2. The van der Waals surface area contributed by atoms with Gasteiger partial charge in [-0.25, -0.2) is 19.6 Å². The zero-order chi connectivity index (χ0) is 20.6. The number of carboxylic acids is 1. The summed E-state index contributed by atoms with van der Waals surface area (Å²) in [6.45, 7) is 3.19. The van der Waals surface area contributed by atoms with Crippen LogP contribution in [0.5, 0.6) is 0 Å². The third kappa shape index (κ3) is 4.37. The van der Waals surface area contributed by atoms with Crippen LogP contribution in [0.1, 0.15) is 46.8 Å². The molecule has 3 heterocycles. The average Bonchev–Trinajstić information content (AvgIpc) is 3.29. The lowest BCUT2D eigenvalue weighted by atomic mass is 10.2. The Morgan fingerprint density at radius 1 is 1.25 bits per heavy atom. The number of carboxylic acid groups (broad SMARTS) is 1. The SMILES string of the molecule is Cc1oc(-c2nc([C@@H]3CCCN3C(=O)OCC(Cl)(Cl)Cl)oc2C)nc1C(=O)O. The van der Waals surface area contributed by atoms with Gasteiger partial charge in [0.1, 0.15) is 24.2 Å². The molecule has 1 aliphatic heterocycles. The van der Waals surface area contributed by atoms with Crippen LogP contribution in [0.2, 0.25) is 0 Å². The maximum Gasteiger partial charge on any atom is 0.410 e. The molecular weight excluding hydrogens is 437 g/mol. The van der Waals surface area contributed by atoms with Crippen LogP contribution >= 0.6 is 34.8 Å². The standard InChI is InChI=1S/C16H16Cl3N3O6/c1-7-10(13-21-11(14(23)24)8(2)28-13)20-12(27-7)9-4-3-5-22(9)15(25)26-6-16(17,18)19/h9H,3-6H2,1-2H3,(H,23,24)/t9-/m0/s1. The number of carbonyl (C=O) groups is 2. The molecule has 152 valence electrons. The molecule has 12 heteroatoms. The lowest BCUT2D eigenvalue weighted by molar-refractivity contribution is 0.0689. The Kier molecular flexibility index (Phi) is 5.79. The Balaban J connectivity index is 1.82. The monoisotopic (exact) mass is 451 g/mol. The molecule has 1 N–H and O–H groups in total. The molecule has 1 amide bonds. The Morgan fingerprint density at radius 2 is 1.96 bits per heavy atom. The quantitative estimate of drug-likeness (QED) is 0.682. The van der Waals surface area contributed by atoms with E-state index in [-0.39, 0.29) is 35.5 Å². The number of hydrogen-bond donors (Lipinski definition) is 1. The average molecular weight is 453 g/mol. The number of hydrogen-bond acceptors (Lipinski definition) is 7. The molecule has 0 bridgehead atoms. The minimum absolute atomic E-state index is 0.0331. The molecule has 0 unspecified atom stereocenters. The summed E-state index contributed by atoms with van der Waals surface area (Å²) in [5.74, 6) is -0.360. The smallest absolute Gasteiger partial charge is 0.410 e. The van der Waals surface area contributed by atoms with Gasteiger partial charge in [-0.05, 0) is 26.7 Å². The first kappa shape index (κ1) is 20.8. The predicted octanol–water partition coefficient (Wildman–Crippen LogP) is 4.29. The van der Waals surface area contributed by atoms with Crippen molar-refractivity contribution >= 4 is 46.9 Å². The van der Waals surface area contributed by atoms with Gasteiger partial charge in [-0.3, -0.25) is 4.90 Å². The van der Waals surface area contributed by atoms with Gasteiger partial charge in [0.25, 0.3) is 0 Å². The summed E-state index contributed by atoms with van der Waals surface area (Å²) in [6.07, 6.45) is 0.671. The van der Waals surface area contributed by atoms with Gasteiger partial charge >= 0.3 is 12.1 Å². The predicted molar refractivity (Wildman–Crippen MR) is 98.8 cm³/mol. The number of alkyl halides is 3. The van der Waals surface area contributed by atoms with Gasteiger partial charge in [-0.2, -0.15) is 0 Å². The fourth-order valence-corrected chi connectivity index (χ4v) is 3.09. The molecule has 2 aromatic rings. The van der Waals surface area contributed by atoms with Crippen LogP contribution in [0.15, 0.2) is 8.83 Å². The summed E-state index contributed by atoms with van der Waals surface area (Å²) >= 11 is 16.8. The highest BCUT2D eigenvalue weighted by molar-refractivity contribution is 6.67. The maximum atomic E-state index is 12.3. The molecule has 3 rings (SSSR count). The lowest BCUT2D eigenvalue weighted by Crippen LogP contribution is -2.33. The van der Waals surface area contributed by atoms with Crippen molar-refractivity contribution < 1.29 is 28.3 Å². The molecule has 0 aromatic carbocycles. The van der Waals surface area contributed by atoms with Crippen LogP contribution in [-0.4, -0.2) is 49.0 Å². The Hall–Kier alpha value is -1.97. The molecule has 0 aliphatic carbocycles. The van der Waals surface area contributed by atoms with E-state index in [0.29, 0.717) is 25.1 Å². The van der Waals surface area contributed by atoms with Crippen molar-refractivity contribution in [3.8, 4) is 11.6 Å². The zero-order valence-corrected chi connectivity index (χ0v) is 17.1. The van der Waals surface area contributed by atoms with Crippen molar-refractivity contribution in [2.45, 2.75) is 36.5 Å². The number of aromatic carboxylic acids is 1. The highest BCUT2D eigenvalue weighted by Gasteiger charge is 2.36. The van der Waals surface area contributed by atoms with Crippen molar-refractivity contribution in [2.75, 3.05) is 13.2 Å². The van der Waals surface area contributed by atoms with E-state index in [1.807, 2.05) is 0 Å². The molecule has 1 atom stereocenters. The molecule has 0 spiro atoms. The van der Waals surface area contributed by atoms with Gasteiger partial charge in [0.2, 0.25) is 15.6 Å². The minimum Gasteiger partial charge on any atom is -0.476 e. The molecule has 2 aromatic heterocycles. The Labute approximate surface area is 174 Å². The largest absolute Gasteiger partial charge is 0.476 e. The Bertz CT molecular complexity index is 904. The normalized spacial score (nSPS) is 17.2. The summed E-state index contributed by atoms with van der Waals surface area (Å²) in [5.41, 5.74) is 0.0730. The molecule has 1 fully saturated rings. The van der Waals surface area contributed by atoms with Gasteiger partial charge in [-0.1, -0.05) is 34.8 Å². The van der Waals surface area contributed by atoms with E-state index in [2.05, 4.69) is 9.97 Å².